The number of rotatable bonds is 8. The zero-order valence-electron chi connectivity index (χ0n) is 14.2. The van der Waals surface area contributed by atoms with E-state index in [2.05, 4.69) is 5.32 Å². The second-order valence-corrected chi connectivity index (χ2v) is 6.63. The van der Waals surface area contributed by atoms with Gasteiger partial charge >= 0.3 is 0 Å². The van der Waals surface area contributed by atoms with Crippen LogP contribution in [0.3, 0.4) is 0 Å². The van der Waals surface area contributed by atoms with Crippen LogP contribution in [-0.2, 0) is 17.8 Å². The Hall–Kier alpha value is -1.59. The smallest absolute Gasteiger partial charge is 0.145 e. The Bertz CT molecular complexity index is 665. The molecule has 0 spiro atoms. The van der Waals surface area contributed by atoms with Gasteiger partial charge in [-0.05, 0) is 55.1 Å². The first-order valence-electron chi connectivity index (χ1n) is 8.71. The van der Waals surface area contributed by atoms with E-state index in [-0.39, 0.29) is 18.9 Å². The van der Waals surface area contributed by atoms with Crippen LogP contribution >= 0.6 is 11.6 Å². The van der Waals surface area contributed by atoms with Crippen LogP contribution in [0.4, 0.5) is 0 Å². The first kappa shape index (κ1) is 18.2. The third-order valence-electron chi connectivity index (χ3n) is 4.29. The number of ether oxygens (including phenoxy) is 2. The van der Waals surface area contributed by atoms with Gasteiger partial charge < -0.3 is 14.6 Å². The molecular weight excluding hydrogens is 338 g/mol. The van der Waals surface area contributed by atoms with Crippen molar-refractivity contribution >= 4 is 11.6 Å². The molecule has 2 N–H and O–H groups in total. The summed E-state index contributed by atoms with van der Waals surface area (Å²) >= 11 is 6.06. The Morgan fingerprint density at radius 3 is 2.88 bits per heavy atom. The molecule has 1 aliphatic heterocycles. The minimum absolute atomic E-state index is 0.0731. The lowest BCUT2D eigenvalue weighted by molar-refractivity contribution is -0.0603. The van der Waals surface area contributed by atoms with Gasteiger partial charge in [0, 0.05) is 11.6 Å². The van der Waals surface area contributed by atoms with Crippen molar-refractivity contribution in [1.29, 1.82) is 0 Å². The molecule has 2 atom stereocenters. The van der Waals surface area contributed by atoms with Gasteiger partial charge in [-0.1, -0.05) is 41.9 Å². The van der Waals surface area contributed by atoms with Crippen LogP contribution in [0, 0.1) is 0 Å². The number of aliphatic hydroxyl groups excluding tert-OH is 1. The molecule has 1 aliphatic rings. The van der Waals surface area contributed by atoms with Crippen molar-refractivity contribution in [3.63, 3.8) is 0 Å². The van der Waals surface area contributed by atoms with Crippen LogP contribution in [0.15, 0.2) is 48.5 Å². The molecule has 0 fully saturated rings. The molecule has 1 heterocycles. The van der Waals surface area contributed by atoms with Gasteiger partial charge in [0.2, 0.25) is 0 Å². The number of benzene rings is 2. The van der Waals surface area contributed by atoms with Gasteiger partial charge in [0.05, 0.1) is 6.61 Å². The average Bonchev–Trinajstić information content (AvgIpc) is 2.65. The monoisotopic (exact) mass is 361 g/mol. The summed E-state index contributed by atoms with van der Waals surface area (Å²) in [5, 5.41) is 13.1. The van der Waals surface area contributed by atoms with Crippen LogP contribution in [0.5, 0.6) is 5.75 Å². The first-order chi connectivity index (χ1) is 12.3. The highest BCUT2D eigenvalue weighted by atomic mass is 35.5. The molecule has 2 aromatic carbocycles. The summed E-state index contributed by atoms with van der Waals surface area (Å²) < 4.78 is 12.3. The summed E-state index contributed by atoms with van der Waals surface area (Å²) in [6, 6.07) is 15.8. The maximum atomic E-state index is 9.03. The van der Waals surface area contributed by atoms with Crippen LogP contribution < -0.4 is 10.1 Å². The lowest BCUT2D eigenvalue weighted by atomic mass is 10.0. The predicted octanol–water partition coefficient (Wildman–Crippen LogP) is 3.55. The number of halogens is 1. The molecule has 5 heteroatoms. The predicted molar refractivity (Wildman–Crippen MR) is 98.9 cm³/mol. The number of aliphatic hydroxyl groups is 1. The molecule has 3 rings (SSSR count). The van der Waals surface area contributed by atoms with Gasteiger partial charge in [0.15, 0.2) is 0 Å². The minimum atomic E-state index is -0.226. The summed E-state index contributed by atoms with van der Waals surface area (Å²) in [6.45, 7) is 1.36. The van der Waals surface area contributed by atoms with Gasteiger partial charge in [-0.25, -0.2) is 0 Å². The van der Waals surface area contributed by atoms with E-state index < -0.39 is 0 Å². The fourth-order valence-electron chi connectivity index (χ4n) is 2.97. The molecule has 0 aromatic heterocycles. The molecule has 0 bridgehead atoms. The van der Waals surface area contributed by atoms with Crippen molar-refractivity contribution in [2.45, 2.75) is 38.2 Å². The zero-order valence-corrected chi connectivity index (χ0v) is 14.9. The largest absolute Gasteiger partial charge is 0.486 e. The summed E-state index contributed by atoms with van der Waals surface area (Å²) in [6.07, 6.45) is 2.16. The summed E-state index contributed by atoms with van der Waals surface area (Å²) in [4.78, 5) is 0. The van der Waals surface area contributed by atoms with Crippen LogP contribution in [-0.4, -0.2) is 30.6 Å². The minimum Gasteiger partial charge on any atom is -0.486 e. The third kappa shape index (κ3) is 5.19. The molecule has 134 valence electrons. The molecule has 2 aromatic rings. The number of fused-ring (bicyclic) bond motifs is 1. The Morgan fingerprint density at radius 1 is 1.24 bits per heavy atom. The van der Waals surface area contributed by atoms with E-state index in [0.29, 0.717) is 19.6 Å². The van der Waals surface area contributed by atoms with Crippen molar-refractivity contribution in [3.05, 3.63) is 64.7 Å². The quantitative estimate of drug-likeness (QED) is 0.557. The second-order valence-electron chi connectivity index (χ2n) is 6.20. The highest BCUT2D eigenvalue weighted by molar-refractivity contribution is 6.30. The highest BCUT2D eigenvalue weighted by Gasteiger charge is 2.28. The van der Waals surface area contributed by atoms with Gasteiger partial charge in [-0.3, -0.25) is 5.32 Å². The number of hydrogen-bond donors (Lipinski definition) is 2. The Morgan fingerprint density at radius 2 is 2.08 bits per heavy atom. The van der Waals surface area contributed by atoms with Crippen molar-refractivity contribution in [2.24, 2.45) is 0 Å². The van der Waals surface area contributed by atoms with Gasteiger partial charge in [-0.15, -0.1) is 0 Å². The van der Waals surface area contributed by atoms with Crippen LogP contribution in [0.25, 0.3) is 0 Å². The number of hydrogen-bond acceptors (Lipinski definition) is 4. The van der Waals surface area contributed by atoms with Gasteiger partial charge in [0.25, 0.3) is 0 Å². The lowest BCUT2D eigenvalue weighted by Crippen LogP contribution is -2.47. The fourth-order valence-corrected chi connectivity index (χ4v) is 3.17. The van der Waals surface area contributed by atoms with Gasteiger partial charge in [0.1, 0.15) is 18.1 Å². The molecule has 0 saturated heterocycles. The van der Waals surface area contributed by atoms with Crippen LogP contribution in [0.1, 0.15) is 24.0 Å². The summed E-state index contributed by atoms with van der Waals surface area (Å²) in [7, 11) is 0. The number of nitrogens with one attached hydrogen (secondary N) is 1. The van der Waals surface area contributed by atoms with Crippen molar-refractivity contribution in [3.8, 4) is 5.75 Å². The zero-order chi connectivity index (χ0) is 17.5. The average molecular weight is 362 g/mol. The number of aryl methyl sites for hydroxylation is 1. The van der Waals surface area contributed by atoms with E-state index in [1.165, 1.54) is 0 Å². The van der Waals surface area contributed by atoms with E-state index >= 15 is 0 Å². The second kappa shape index (κ2) is 9.20. The first-order valence-corrected chi connectivity index (χ1v) is 9.09. The molecule has 4 nitrogen and oxygen atoms in total. The van der Waals surface area contributed by atoms with E-state index in [1.54, 1.807) is 0 Å². The normalized spacial score (nSPS) is 17.6. The summed E-state index contributed by atoms with van der Waals surface area (Å²) in [5.74, 6) is 0.873. The third-order valence-corrected chi connectivity index (χ3v) is 4.52. The molecule has 25 heavy (non-hydrogen) atoms. The Balaban J connectivity index is 1.65. The Labute approximate surface area is 153 Å². The van der Waals surface area contributed by atoms with Crippen molar-refractivity contribution < 1.29 is 14.6 Å². The SMILES string of the molecule is OCCCNC(OCc1ccccc1)C1CCc2cc(Cl)ccc2O1. The van der Waals surface area contributed by atoms with E-state index in [1.807, 2.05) is 48.5 Å². The van der Waals surface area contributed by atoms with Crippen molar-refractivity contribution in [1.82, 2.24) is 5.32 Å². The van der Waals surface area contributed by atoms with Crippen LogP contribution in [0.2, 0.25) is 5.02 Å². The molecule has 0 amide bonds. The standard InChI is InChI=1S/C20H24ClNO3/c21-17-8-10-18-16(13-17)7-9-19(25-18)20(22-11-4-12-23)24-14-15-5-2-1-3-6-15/h1-3,5-6,8,10,13,19-20,22-23H,4,7,9,11-12,14H2. The van der Waals surface area contributed by atoms with E-state index in [9.17, 15) is 0 Å². The fraction of sp³-hybridized carbons (Fsp3) is 0.400. The lowest BCUT2D eigenvalue weighted by Gasteiger charge is -2.33. The summed E-state index contributed by atoms with van der Waals surface area (Å²) in [5.41, 5.74) is 2.26. The topological polar surface area (TPSA) is 50.7 Å². The molecule has 0 radical (unpaired) electrons. The van der Waals surface area contributed by atoms with Crippen molar-refractivity contribution in [2.75, 3.05) is 13.2 Å². The van der Waals surface area contributed by atoms with Gasteiger partial charge in [-0.2, -0.15) is 0 Å². The maximum Gasteiger partial charge on any atom is 0.145 e. The maximum absolute atomic E-state index is 9.03. The molecular formula is C20H24ClNO3. The molecule has 2 unspecified atom stereocenters. The Kier molecular flexibility index (Phi) is 6.70. The highest BCUT2D eigenvalue weighted by Crippen LogP contribution is 2.31. The molecule has 0 aliphatic carbocycles. The van der Waals surface area contributed by atoms with E-state index in [0.717, 1.165) is 34.7 Å². The van der Waals surface area contributed by atoms with E-state index in [4.69, 9.17) is 26.2 Å². The molecule has 0 saturated carbocycles.